The van der Waals surface area contributed by atoms with Gasteiger partial charge in [0, 0.05) is 37.1 Å². The average molecular weight is 419 g/mol. The molecule has 4 heterocycles. The second kappa shape index (κ2) is 8.33. The monoisotopic (exact) mass is 418 g/mol. The Labute approximate surface area is 183 Å². The predicted molar refractivity (Wildman–Crippen MR) is 120 cm³/mol. The number of nitrogens with zero attached hydrogens (tertiary/aromatic N) is 4. The number of ether oxygens (including phenoxy) is 1. The SMILES string of the molecule is Cc1ccc(OCC2CC2)c(C(=O)N2CCCC[C@H]2Cc2cn3cccc(C)c3n2)n1. The van der Waals surface area contributed by atoms with Crippen LogP contribution in [-0.4, -0.2) is 44.4 Å². The molecule has 31 heavy (non-hydrogen) atoms. The lowest BCUT2D eigenvalue weighted by atomic mass is 9.97. The minimum atomic E-state index is -0.0147. The van der Waals surface area contributed by atoms with Crippen molar-refractivity contribution in [3.05, 3.63) is 59.3 Å². The zero-order valence-electron chi connectivity index (χ0n) is 18.4. The number of rotatable bonds is 6. The first kappa shape index (κ1) is 20.0. The molecule has 2 aliphatic rings. The van der Waals surface area contributed by atoms with Crippen molar-refractivity contribution in [3.63, 3.8) is 0 Å². The maximum Gasteiger partial charge on any atom is 0.276 e. The summed E-state index contributed by atoms with van der Waals surface area (Å²) in [6, 6.07) is 8.07. The van der Waals surface area contributed by atoms with Gasteiger partial charge in [0.05, 0.1) is 12.3 Å². The molecule has 0 radical (unpaired) electrons. The van der Waals surface area contributed by atoms with Gasteiger partial charge in [0.25, 0.3) is 5.91 Å². The van der Waals surface area contributed by atoms with E-state index in [9.17, 15) is 4.79 Å². The Morgan fingerprint density at radius 2 is 2.00 bits per heavy atom. The number of hydrogen-bond acceptors (Lipinski definition) is 4. The first-order valence-electron chi connectivity index (χ1n) is 11.4. The van der Waals surface area contributed by atoms with Crippen LogP contribution in [0.2, 0.25) is 0 Å². The number of hydrogen-bond donors (Lipinski definition) is 0. The van der Waals surface area contributed by atoms with Gasteiger partial charge < -0.3 is 14.0 Å². The molecule has 0 unspecified atom stereocenters. The van der Waals surface area contributed by atoms with E-state index in [1.807, 2.05) is 36.2 Å². The number of carbonyl (C=O) groups is 1. The molecule has 0 N–H and O–H groups in total. The molecule has 6 heteroatoms. The predicted octanol–water partition coefficient (Wildman–Crippen LogP) is 4.37. The summed E-state index contributed by atoms with van der Waals surface area (Å²) in [5, 5.41) is 0. The van der Waals surface area contributed by atoms with E-state index in [1.165, 1.54) is 12.8 Å². The zero-order valence-corrected chi connectivity index (χ0v) is 18.4. The van der Waals surface area contributed by atoms with Crippen LogP contribution in [0.5, 0.6) is 5.75 Å². The third-order valence-electron chi connectivity index (χ3n) is 6.43. The third kappa shape index (κ3) is 4.29. The highest BCUT2D eigenvalue weighted by molar-refractivity contribution is 5.95. The maximum absolute atomic E-state index is 13.6. The molecule has 2 fully saturated rings. The standard InChI is InChI=1S/C25H30N4O2/c1-17-6-5-12-28-15-20(27-24(17)28)14-21-7-3-4-13-29(21)25(30)23-22(11-8-18(2)26-23)31-16-19-9-10-19/h5-6,8,11-12,15,19,21H,3-4,7,9-10,13-14,16H2,1-2H3/t21-/m0/s1. The number of pyridine rings is 2. The Balaban J connectivity index is 1.39. The fraction of sp³-hybridized carbons (Fsp3) is 0.480. The van der Waals surface area contributed by atoms with Gasteiger partial charge in [-0.3, -0.25) is 4.79 Å². The van der Waals surface area contributed by atoms with Crippen LogP contribution in [-0.2, 0) is 6.42 Å². The van der Waals surface area contributed by atoms with E-state index in [2.05, 4.69) is 28.6 Å². The molecule has 162 valence electrons. The summed E-state index contributed by atoms with van der Waals surface area (Å²) in [5.41, 5.74) is 4.47. The number of likely N-dealkylation sites (tertiary alicyclic amines) is 1. The molecule has 1 saturated carbocycles. The summed E-state index contributed by atoms with van der Waals surface area (Å²) < 4.78 is 8.08. The summed E-state index contributed by atoms with van der Waals surface area (Å²) in [4.78, 5) is 25.1. The Kier molecular flexibility index (Phi) is 5.38. The normalized spacial score (nSPS) is 19.0. The molecule has 0 spiro atoms. The lowest BCUT2D eigenvalue weighted by Gasteiger charge is -2.35. The number of piperidine rings is 1. The second-order valence-electron chi connectivity index (χ2n) is 9.06. The van der Waals surface area contributed by atoms with E-state index in [1.54, 1.807) is 0 Å². The molecule has 1 aliphatic carbocycles. The maximum atomic E-state index is 13.6. The summed E-state index contributed by atoms with van der Waals surface area (Å²) in [5.74, 6) is 1.24. The molecule has 1 atom stereocenters. The van der Waals surface area contributed by atoms with Crippen molar-refractivity contribution in [3.8, 4) is 5.75 Å². The molecule has 0 aromatic carbocycles. The van der Waals surface area contributed by atoms with E-state index in [0.717, 1.165) is 54.8 Å². The molecule has 1 aliphatic heterocycles. The molecule has 3 aromatic heterocycles. The number of aromatic nitrogens is 3. The summed E-state index contributed by atoms with van der Waals surface area (Å²) in [6.07, 6.45) is 10.5. The van der Waals surface area contributed by atoms with E-state index in [4.69, 9.17) is 9.72 Å². The third-order valence-corrected chi connectivity index (χ3v) is 6.43. The van der Waals surface area contributed by atoms with Crippen LogP contribution in [0, 0.1) is 19.8 Å². The van der Waals surface area contributed by atoms with Crippen molar-refractivity contribution in [2.45, 2.75) is 58.4 Å². The van der Waals surface area contributed by atoms with E-state index in [-0.39, 0.29) is 11.9 Å². The summed E-state index contributed by atoms with van der Waals surface area (Å²) in [6.45, 7) is 5.44. The number of amides is 1. The highest BCUT2D eigenvalue weighted by Gasteiger charge is 2.31. The Bertz CT molecular complexity index is 1100. The van der Waals surface area contributed by atoms with Crippen LogP contribution in [0.15, 0.2) is 36.7 Å². The molecular formula is C25H30N4O2. The topological polar surface area (TPSA) is 59.7 Å². The lowest BCUT2D eigenvalue weighted by Crippen LogP contribution is -2.45. The van der Waals surface area contributed by atoms with E-state index in [0.29, 0.717) is 24.0 Å². The van der Waals surface area contributed by atoms with Crippen LogP contribution in [0.3, 0.4) is 0 Å². The minimum absolute atomic E-state index is 0.0147. The molecule has 5 rings (SSSR count). The molecule has 6 nitrogen and oxygen atoms in total. The van der Waals surface area contributed by atoms with Crippen LogP contribution >= 0.6 is 0 Å². The van der Waals surface area contributed by atoms with Gasteiger partial charge in [-0.1, -0.05) is 6.07 Å². The number of aryl methyl sites for hydroxylation is 2. The Hall–Kier alpha value is -2.89. The highest BCUT2D eigenvalue weighted by Crippen LogP contribution is 2.31. The minimum Gasteiger partial charge on any atom is -0.491 e. The van der Waals surface area contributed by atoms with Crippen molar-refractivity contribution >= 4 is 11.6 Å². The number of imidazole rings is 1. The van der Waals surface area contributed by atoms with Crippen molar-refractivity contribution in [2.24, 2.45) is 5.92 Å². The summed E-state index contributed by atoms with van der Waals surface area (Å²) in [7, 11) is 0. The van der Waals surface area contributed by atoms with Gasteiger partial charge in [-0.25, -0.2) is 9.97 Å². The fourth-order valence-corrected chi connectivity index (χ4v) is 4.47. The first-order valence-corrected chi connectivity index (χ1v) is 11.4. The first-order chi connectivity index (χ1) is 15.1. The second-order valence-corrected chi connectivity index (χ2v) is 9.06. The molecule has 3 aromatic rings. The van der Waals surface area contributed by atoms with E-state index < -0.39 is 0 Å². The van der Waals surface area contributed by atoms with Crippen molar-refractivity contribution < 1.29 is 9.53 Å². The van der Waals surface area contributed by atoms with Crippen molar-refractivity contribution in [2.75, 3.05) is 13.2 Å². The number of fused-ring (bicyclic) bond motifs is 1. The van der Waals surface area contributed by atoms with Gasteiger partial charge in [0.2, 0.25) is 0 Å². The van der Waals surface area contributed by atoms with Gasteiger partial charge in [0.1, 0.15) is 5.65 Å². The zero-order chi connectivity index (χ0) is 21.4. The smallest absolute Gasteiger partial charge is 0.276 e. The van der Waals surface area contributed by atoms with Gasteiger partial charge in [-0.2, -0.15) is 0 Å². The molecular weight excluding hydrogens is 388 g/mol. The Morgan fingerprint density at radius 1 is 1.13 bits per heavy atom. The van der Waals surface area contributed by atoms with Crippen LogP contribution in [0.4, 0.5) is 0 Å². The van der Waals surface area contributed by atoms with Gasteiger partial charge in [-0.15, -0.1) is 0 Å². The van der Waals surface area contributed by atoms with Gasteiger partial charge in [0.15, 0.2) is 11.4 Å². The molecule has 1 saturated heterocycles. The molecule has 1 amide bonds. The van der Waals surface area contributed by atoms with E-state index >= 15 is 0 Å². The van der Waals surface area contributed by atoms with Crippen molar-refractivity contribution in [1.82, 2.24) is 19.3 Å². The quantitative estimate of drug-likeness (QED) is 0.596. The fourth-order valence-electron chi connectivity index (χ4n) is 4.47. The largest absolute Gasteiger partial charge is 0.491 e. The molecule has 0 bridgehead atoms. The average Bonchev–Trinajstić information content (AvgIpc) is 3.51. The van der Waals surface area contributed by atoms with Gasteiger partial charge >= 0.3 is 0 Å². The van der Waals surface area contributed by atoms with Crippen molar-refractivity contribution in [1.29, 1.82) is 0 Å². The number of carbonyl (C=O) groups excluding carboxylic acids is 1. The van der Waals surface area contributed by atoms with Gasteiger partial charge in [-0.05, 0) is 75.6 Å². The lowest BCUT2D eigenvalue weighted by molar-refractivity contribution is 0.0601. The van der Waals surface area contributed by atoms with Crippen LogP contribution < -0.4 is 4.74 Å². The van der Waals surface area contributed by atoms with Crippen LogP contribution in [0.25, 0.3) is 5.65 Å². The summed E-state index contributed by atoms with van der Waals surface area (Å²) >= 11 is 0. The highest BCUT2D eigenvalue weighted by atomic mass is 16.5. The van der Waals surface area contributed by atoms with Crippen LogP contribution in [0.1, 0.15) is 59.5 Å². The Morgan fingerprint density at radius 3 is 2.81 bits per heavy atom.